The molecule has 6 rings (SSSR count). The molecule has 182 valence electrons. The smallest absolute Gasteiger partial charge is 0.161 e. The van der Waals surface area contributed by atoms with E-state index in [9.17, 15) is 4.39 Å². The number of aromatic nitrogens is 3. The van der Waals surface area contributed by atoms with Crippen LogP contribution in [-0.2, 0) is 0 Å². The molecule has 37 heavy (non-hydrogen) atoms. The first-order valence-electron chi connectivity index (χ1n) is 11.6. The van der Waals surface area contributed by atoms with Gasteiger partial charge in [0.05, 0.1) is 22.9 Å². The molecule has 0 radical (unpaired) electrons. The third kappa shape index (κ3) is 4.43. The molecule has 0 aliphatic rings. The van der Waals surface area contributed by atoms with E-state index in [1.807, 2.05) is 42.5 Å². The summed E-state index contributed by atoms with van der Waals surface area (Å²) in [6.07, 6.45) is 1.58. The molecule has 0 saturated heterocycles. The van der Waals surface area contributed by atoms with Crippen LogP contribution in [0.2, 0.25) is 0 Å². The number of anilines is 2. The molecule has 6 aromatic rings. The molecule has 0 bridgehead atoms. The molecule has 0 aliphatic heterocycles. The van der Waals surface area contributed by atoms with Crippen LogP contribution in [0.3, 0.4) is 0 Å². The number of ether oxygens (including phenoxy) is 2. The Hall–Kier alpha value is -4.56. The summed E-state index contributed by atoms with van der Waals surface area (Å²) in [4.78, 5) is 5.34. The summed E-state index contributed by atoms with van der Waals surface area (Å²) in [5, 5.41) is 17.2. The van der Waals surface area contributed by atoms with Gasteiger partial charge in [0.1, 0.15) is 28.8 Å². The van der Waals surface area contributed by atoms with E-state index in [1.165, 1.54) is 24.8 Å². The summed E-state index contributed by atoms with van der Waals surface area (Å²) in [5.41, 5.74) is 3.38. The fourth-order valence-electron chi connectivity index (χ4n) is 4.24. The predicted octanol–water partition coefficient (Wildman–Crippen LogP) is 7.90. The number of pyridine rings is 1. The molecule has 0 fully saturated rings. The quantitative estimate of drug-likeness (QED) is 0.247. The van der Waals surface area contributed by atoms with Gasteiger partial charge in [-0.15, -0.1) is 21.5 Å². The average molecular weight is 509 g/mol. The number of fused-ring (bicyclic) bond motifs is 2. The van der Waals surface area contributed by atoms with Gasteiger partial charge in [0.2, 0.25) is 0 Å². The second-order valence-corrected chi connectivity index (χ2v) is 9.41. The zero-order chi connectivity index (χ0) is 25.4. The number of hydrogen-bond donors (Lipinski definition) is 1. The minimum absolute atomic E-state index is 0.364. The van der Waals surface area contributed by atoms with Crippen molar-refractivity contribution in [2.75, 3.05) is 12.4 Å². The molecule has 1 N–H and O–H groups in total. The highest BCUT2D eigenvalue weighted by atomic mass is 32.1. The number of rotatable bonds is 6. The molecule has 3 aromatic heterocycles. The van der Waals surface area contributed by atoms with Crippen LogP contribution in [0.15, 0.2) is 84.4 Å². The van der Waals surface area contributed by atoms with Crippen molar-refractivity contribution in [1.82, 2.24) is 15.2 Å². The Morgan fingerprint density at radius 2 is 1.70 bits per heavy atom. The van der Waals surface area contributed by atoms with E-state index in [2.05, 4.69) is 44.9 Å². The van der Waals surface area contributed by atoms with Gasteiger partial charge in [0.15, 0.2) is 5.82 Å². The molecule has 6 nitrogen and oxygen atoms in total. The predicted molar refractivity (Wildman–Crippen MR) is 146 cm³/mol. The standard InChI is InChI=1S/C29H21FN4O2S/c1-17-13-26(37-16-17)28-21-5-3-4-6-22(21)29(34-33-28)32-19-7-9-20(10-8-19)36-24-11-12-31-23-14-18(30)15-25(35-2)27(23)24/h3-16H,1-2H3,(H,32,34). The number of benzene rings is 3. The highest BCUT2D eigenvalue weighted by Crippen LogP contribution is 2.37. The van der Waals surface area contributed by atoms with Crippen LogP contribution < -0.4 is 14.8 Å². The van der Waals surface area contributed by atoms with Gasteiger partial charge < -0.3 is 14.8 Å². The molecule has 0 spiro atoms. The maximum atomic E-state index is 13.9. The first-order valence-corrected chi connectivity index (χ1v) is 12.4. The summed E-state index contributed by atoms with van der Waals surface area (Å²) in [7, 11) is 1.49. The summed E-state index contributed by atoms with van der Waals surface area (Å²) in [5.74, 6) is 1.76. The second-order valence-electron chi connectivity index (χ2n) is 8.49. The van der Waals surface area contributed by atoms with Crippen molar-refractivity contribution in [3.05, 3.63) is 95.8 Å². The van der Waals surface area contributed by atoms with Crippen molar-refractivity contribution < 1.29 is 13.9 Å². The van der Waals surface area contributed by atoms with Gasteiger partial charge in [0.25, 0.3) is 0 Å². The number of nitrogens with one attached hydrogen (secondary N) is 1. The van der Waals surface area contributed by atoms with E-state index < -0.39 is 5.82 Å². The van der Waals surface area contributed by atoms with Crippen LogP contribution in [0.5, 0.6) is 17.2 Å². The Bertz CT molecular complexity index is 1750. The number of nitrogens with zero attached hydrogens (tertiary/aromatic N) is 3. The van der Waals surface area contributed by atoms with E-state index in [0.29, 0.717) is 34.0 Å². The third-order valence-electron chi connectivity index (χ3n) is 5.95. The van der Waals surface area contributed by atoms with Gasteiger partial charge in [-0.2, -0.15) is 0 Å². The molecular formula is C29H21FN4O2S. The van der Waals surface area contributed by atoms with Gasteiger partial charge in [0, 0.05) is 34.8 Å². The van der Waals surface area contributed by atoms with Crippen molar-refractivity contribution in [3.63, 3.8) is 0 Å². The molecule has 8 heteroatoms. The van der Waals surface area contributed by atoms with Crippen molar-refractivity contribution in [1.29, 1.82) is 0 Å². The molecule has 0 amide bonds. The normalized spacial score (nSPS) is 11.1. The van der Waals surface area contributed by atoms with Gasteiger partial charge in [-0.3, -0.25) is 4.98 Å². The average Bonchev–Trinajstić information content (AvgIpc) is 3.35. The van der Waals surface area contributed by atoms with E-state index in [1.54, 1.807) is 23.6 Å². The summed E-state index contributed by atoms with van der Waals surface area (Å²) in [6, 6.07) is 22.2. The van der Waals surface area contributed by atoms with Crippen LogP contribution >= 0.6 is 11.3 Å². The zero-order valence-corrected chi connectivity index (χ0v) is 20.8. The summed E-state index contributed by atoms with van der Waals surface area (Å²) >= 11 is 1.67. The van der Waals surface area contributed by atoms with Gasteiger partial charge in [-0.05, 0) is 54.3 Å². The molecule has 0 aliphatic carbocycles. The number of methoxy groups -OCH3 is 1. The molecule has 3 aromatic carbocycles. The molecule has 0 saturated carbocycles. The Morgan fingerprint density at radius 1 is 0.892 bits per heavy atom. The van der Waals surface area contributed by atoms with Crippen molar-refractivity contribution in [3.8, 4) is 27.8 Å². The third-order valence-corrected chi connectivity index (χ3v) is 7.00. The molecule has 0 atom stereocenters. The Kier molecular flexibility index (Phi) is 5.86. The first kappa shape index (κ1) is 22.9. The summed E-state index contributed by atoms with van der Waals surface area (Å²) < 4.78 is 25.4. The van der Waals surface area contributed by atoms with Crippen LogP contribution in [0.25, 0.3) is 32.2 Å². The maximum Gasteiger partial charge on any atom is 0.161 e. The van der Waals surface area contributed by atoms with Gasteiger partial charge in [-0.1, -0.05) is 24.3 Å². The first-order chi connectivity index (χ1) is 18.1. The van der Waals surface area contributed by atoms with Crippen LogP contribution in [0, 0.1) is 12.7 Å². The zero-order valence-electron chi connectivity index (χ0n) is 20.0. The maximum absolute atomic E-state index is 13.9. The minimum atomic E-state index is -0.418. The Morgan fingerprint density at radius 3 is 2.46 bits per heavy atom. The minimum Gasteiger partial charge on any atom is -0.496 e. The van der Waals surface area contributed by atoms with E-state index in [0.717, 1.165) is 27.0 Å². The fourth-order valence-corrected chi connectivity index (χ4v) is 5.13. The van der Waals surface area contributed by atoms with Crippen LogP contribution in [0.1, 0.15) is 5.56 Å². The highest BCUT2D eigenvalue weighted by Gasteiger charge is 2.14. The topological polar surface area (TPSA) is 69.2 Å². The van der Waals surface area contributed by atoms with Crippen molar-refractivity contribution >= 4 is 44.5 Å². The van der Waals surface area contributed by atoms with E-state index in [-0.39, 0.29) is 0 Å². The van der Waals surface area contributed by atoms with Crippen LogP contribution in [0.4, 0.5) is 15.9 Å². The lowest BCUT2D eigenvalue weighted by Gasteiger charge is -2.13. The molecule has 0 unspecified atom stereocenters. The lowest BCUT2D eigenvalue weighted by Crippen LogP contribution is -1.99. The summed E-state index contributed by atoms with van der Waals surface area (Å²) in [6.45, 7) is 2.08. The monoisotopic (exact) mass is 508 g/mol. The van der Waals surface area contributed by atoms with Gasteiger partial charge >= 0.3 is 0 Å². The lowest BCUT2D eigenvalue weighted by molar-refractivity contribution is 0.413. The van der Waals surface area contributed by atoms with E-state index in [4.69, 9.17) is 9.47 Å². The SMILES string of the molecule is COc1cc(F)cc2nccc(Oc3ccc(Nc4nnc(-c5cc(C)cs5)c5ccccc45)cc3)c12. The van der Waals surface area contributed by atoms with Crippen molar-refractivity contribution in [2.45, 2.75) is 6.92 Å². The van der Waals surface area contributed by atoms with E-state index >= 15 is 0 Å². The van der Waals surface area contributed by atoms with Crippen LogP contribution in [-0.4, -0.2) is 22.3 Å². The fraction of sp³-hybridized carbons (Fsp3) is 0.0690. The second kappa shape index (κ2) is 9.48. The Labute approximate surface area is 216 Å². The molecular weight excluding hydrogens is 487 g/mol. The number of halogens is 1. The number of thiophene rings is 1. The highest BCUT2D eigenvalue weighted by molar-refractivity contribution is 7.13. The Balaban J connectivity index is 1.28. The number of aryl methyl sites for hydroxylation is 1. The largest absolute Gasteiger partial charge is 0.496 e. The van der Waals surface area contributed by atoms with Crippen molar-refractivity contribution in [2.24, 2.45) is 0 Å². The lowest BCUT2D eigenvalue weighted by atomic mass is 10.1. The number of hydrogen-bond acceptors (Lipinski definition) is 7. The van der Waals surface area contributed by atoms with Gasteiger partial charge in [-0.25, -0.2) is 4.39 Å². The molecule has 3 heterocycles.